The van der Waals surface area contributed by atoms with E-state index in [2.05, 4.69) is 30.7 Å². The first kappa shape index (κ1) is 13.3. The number of nitrogens with zero attached hydrogens (tertiary/aromatic N) is 2. The average Bonchev–Trinajstić information content (AvgIpc) is 2.31. The van der Waals surface area contributed by atoms with E-state index in [0.717, 1.165) is 31.5 Å². The molecular weight excluding hydrogens is 198 g/mol. The Balaban J connectivity index is 2.37. The van der Waals surface area contributed by atoms with Crippen LogP contribution < -0.4 is 5.73 Å². The van der Waals surface area contributed by atoms with Crippen LogP contribution in [0, 0.1) is 11.8 Å². The molecule has 0 radical (unpaired) electrons. The van der Waals surface area contributed by atoms with Crippen LogP contribution in [0.25, 0.3) is 0 Å². The smallest absolute Gasteiger partial charge is 0.191 e. The predicted octanol–water partition coefficient (Wildman–Crippen LogP) is 2.47. The zero-order valence-electron chi connectivity index (χ0n) is 11.1. The van der Waals surface area contributed by atoms with Crippen LogP contribution in [0.3, 0.4) is 0 Å². The second-order valence-electron chi connectivity index (χ2n) is 5.05. The lowest BCUT2D eigenvalue weighted by molar-refractivity contribution is 0.277. The Bertz CT molecular complexity index is 213. The molecule has 1 aliphatic rings. The van der Waals surface area contributed by atoms with Crippen LogP contribution in [0.1, 0.15) is 46.5 Å². The molecule has 0 aliphatic carbocycles. The molecule has 2 N–H and O–H groups in total. The van der Waals surface area contributed by atoms with Crippen LogP contribution in [-0.4, -0.2) is 30.5 Å². The number of nitrogens with two attached hydrogens (primary N) is 1. The Morgan fingerprint density at radius 1 is 1.31 bits per heavy atom. The molecule has 0 aromatic carbocycles. The largest absolute Gasteiger partial charge is 0.370 e. The minimum atomic E-state index is 0.697. The van der Waals surface area contributed by atoms with Crippen molar-refractivity contribution in [2.75, 3.05) is 19.6 Å². The van der Waals surface area contributed by atoms with E-state index in [4.69, 9.17) is 5.73 Å². The molecule has 16 heavy (non-hydrogen) atoms. The zero-order chi connectivity index (χ0) is 12.0. The summed E-state index contributed by atoms with van der Waals surface area (Å²) in [6.45, 7) is 9.82. The molecule has 1 fully saturated rings. The highest BCUT2D eigenvalue weighted by Gasteiger charge is 2.17. The molecule has 0 bridgehead atoms. The molecule has 1 heterocycles. The van der Waals surface area contributed by atoms with Gasteiger partial charge in [-0.05, 0) is 24.7 Å². The Hall–Kier alpha value is -0.730. The van der Waals surface area contributed by atoms with Gasteiger partial charge in [-0.2, -0.15) is 0 Å². The summed E-state index contributed by atoms with van der Waals surface area (Å²) in [4.78, 5) is 6.77. The molecule has 1 aliphatic heterocycles. The molecule has 0 saturated carbocycles. The van der Waals surface area contributed by atoms with Crippen molar-refractivity contribution in [3.63, 3.8) is 0 Å². The van der Waals surface area contributed by atoms with E-state index in [1.54, 1.807) is 0 Å². The first-order chi connectivity index (χ1) is 7.67. The molecule has 94 valence electrons. The Morgan fingerprint density at radius 3 is 2.38 bits per heavy atom. The summed E-state index contributed by atoms with van der Waals surface area (Å²) in [6, 6.07) is 0. The highest BCUT2D eigenvalue weighted by molar-refractivity contribution is 5.78. The van der Waals surface area contributed by atoms with Crippen molar-refractivity contribution in [2.24, 2.45) is 22.6 Å². The summed E-state index contributed by atoms with van der Waals surface area (Å²) in [6.07, 6.45) is 4.90. The minimum absolute atomic E-state index is 0.697. The maximum atomic E-state index is 6.03. The molecule has 0 unspecified atom stereocenters. The zero-order valence-corrected chi connectivity index (χ0v) is 11.1. The average molecular weight is 225 g/mol. The van der Waals surface area contributed by atoms with Gasteiger partial charge in [-0.15, -0.1) is 0 Å². The van der Waals surface area contributed by atoms with Crippen LogP contribution in [-0.2, 0) is 0 Å². The summed E-state index contributed by atoms with van der Waals surface area (Å²) < 4.78 is 0. The topological polar surface area (TPSA) is 41.6 Å². The van der Waals surface area contributed by atoms with Crippen molar-refractivity contribution >= 4 is 5.96 Å². The SMILES string of the molecule is CCC(CC)CN=C(N)N1CCC(C)CC1. The van der Waals surface area contributed by atoms with Crippen LogP contribution in [0.4, 0.5) is 0 Å². The highest BCUT2D eigenvalue weighted by atomic mass is 15.3. The molecule has 1 saturated heterocycles. The molecular formula is C13H27N3. The van der Waals surface area contributed by atoms with Crippen molar-refractivity contribution in [3.05, 3.63) is 0 Å². The molecule has 0 amide bonds. The summed E-state index contributed by atoms with van der Waals surface area (Å²) in [7, 11) is 0. The summed E-state index contributed by atoms with van der Waals surface area (Å²) in [5, 5.41) is 0. The van der Waals surface area contributed by atoms with Gasteiger partial charge >= 0.3 is 0 Å². The molecule has 0 spiro atoms. The van der Waals surface area contributed by atoms with Gasteiger partial charge in [-0.25, -0.2) is 0 Å². The summed E-state index contributed by atoms with van der Waals surface area (Å²) in [5.41, 5.74) is 6.03. The van der Waals surface area contributed by atoms with Gasteiger partial charge in [0.05, 0.1) is 0 Å². The van der Waals surface area contributed by atoms with Gasteiger partial charge in [0.2, 0.25) is 0 Å². The lowest BCUT2D eigenvalue weighted by Gasteiger charge is -2.31. The molecule has 0 aromatic heterocycles. The Kier molecular flexibility index (Phi) is 5.64. The maximum Gasteiger partial charge on any atom is 0.191 e. The predicted molar refractivity (Wildman–Crippen MR) is 70.5 cm³/mol. The number of aliphatic imine (C=N–C) groups is 1. The van der Waals surface area contributed by atoms with Crippen molar-refractivity contribution in [2.45, 2.75) is 46.5 Å². The number of hydrogen-bond donors (Lipinski definition) is 1. The second-order valence-corrected chi connectivity index (χ2v) is 5.05. The van der Waals surface area contributed by atoms with Gasteiger partial charge in [0.15, 0.2) is 5.96 Å². The quantitative estimate of drug-likeness (QED) is 0.590. The maximum absolute atomic E-state index is 6.03. The Labute approximate surface area is 100 Å². The van der Waals surface area contributed by atoms with E-state index in [0.29, 0.717) is 5.92 Å². The van der Waals surface area contributed by atoms with Gasteiger partial charge in [0.1, 0.15) is 0 Å². The standard InChI is InChI=1S/C13H27N3/c1-4-12(5-2)10-15-13(14)16-8-6-11(3)7-9-16/h11-12H,4-10H2,1-3H3,(H2,14,15). The van der Waals surface area contributed by atoms with Crippen molar-refractivity contribution in [1.82, 2.24) is 4.90 Å². The number of likely N-dealkylation sites (tertiary alicyclic amines) is 1. The van der Waals surface area contributed by atoms with E-state index in [1.807, 2.05) is 0 Å². The first-order valence-electron chi connectivity index (χ1n) is 6.72. The van der Waals surface area contributed by atoms with Crippen molar-refractivity contribution in [3.8, 4) is 0 Å². The van der Waals surface area contributed by atoms with Crippen LogP contribution >= 0.6 is 0 Å². The third kappa shape index (κ3) is 4.03. The minimum Gasteiger partial charge on any atom is -0.370 e. The first-order valence-corrected chi connectivity index (χ1v) is 6.72. The molecule has 3 nitrogen and oxygen atoms in total. The summed E-state index contributed by atoms with van der Waals surface area (Å²) in [5.74, 6) is 2.31. The number of rotatable bonds is 4. The van der Waals surface area contributed by atoms with Gasteiger partial charge in [0, 0.05) is 19.6 Å². The molecule has 0 atom stereocenters. The number of piperidine rings is 1. The third-order valence-electron chi connectivity index (χ3n) is 3.77. The van der Waals surface area contributed by atoms with Gasteiger partial charge in [-0.3, -0.25) is 4.99 Å². The lowest BCUT2D eigenvalue weighted by atomic mass is 9.99. The number of hydrogen-bond acceptors (Lipinski definition) is 1. The van der Waals surface area contributed by atoms with E-state index >= 15 is 0 Å². The molecule has 0 aromatic rings. The summed E-state index contributed by atoms with van der Waals surface area (Å²) >= 11 is 0. The number of guanidine groups is 1. The third-order valence-corrected chi connectivity index (χ3v) is 3.77. The molecule has 3 heteroatoms. The second kappa shape index (κ2) is 6.77. The van der Waals surface area contributed by atoms with Gasteiger partial charge in [-0.1, -0.05) is 33.6 Å². The lowest BCUT2D eigenvalue weighted by Crippen LogP contribution is -2.42. The van der Waals surface area contributed by atoms with E-state index in [-0.39, 0.29) is 0 Å². The highest BCUT2D eigenvalue weighted by Crippen LogP contribution is 2.15. The van der Waals surface area contributed by atoms with Crippen LogP contribution in [0.5, 0.6) is 0 Å². The van der Waals surface area contributed by atoms with Gasteiger partial charge < -0.3 is 10.6 Å². The van der Waals surface area contributed by atoms with E-state index in [9.17, 15) is 0 Å². The monoisotopic (exact) mass is 225 g/mol. The fourth-order valence-corrected chi connectivity index (χ4v) is 2.11. The fraction of sp³-hybridized carbons (Fsp3) is 0.923. The van der Waals surface area contributed by atoms with Crippen LogP contribution in [0.15, 0.2) is 4.99 Å². The van der Waals surface area contributed by atoms with E-state index in [1.165, 1.54) is 25.7 Å². The van der Waals surface area contributed by atoms with Crippen molar-refractivity contribution in [1.29, 1.82) is 0 Å². The van der Waals surface area contributed by atoms with Gasteiger partial charge in [0.25, 0.3) is 0 Å². The van der Waals surface area contributed by atoms with E-state index < -0.39 is 0 Å². The Morgan fingerprint density at radius 2 is 1.88 bits per heavy atom. The molecule has 1 rings (SSSR count). The van der Waals surface area contributed by atoms with Crippen molar-refractivity contribution < 1.29 is 0 Å². The van der Waals surface area contributed by atoms with Crippen LogP contribution in [0.2, 0.25) is 0 Å². The normalized spacial score (nSPS) is 19.5. The fourth-order valence-electron chi connectivity index (χ4n) is 2.11.